The van der Waals surface area contributed by atoms with Crippen molar-refractivity contribution in [2.24, 2.45) is 0 Å². The SMILES string of the molecule is CC.CC.CC(=O)N1CCc2c(c(N(C)c3ccc(C)cc3)nn2C2CCOCC2)C1. The summed E-state index contributed by atoms with van der Waals surface area (Å²) < 4.78 is 7.78. The molecule has 2 aromatic rings. The van der Waals surface area contributed by atoms with Crippen molar-refractivity contribution in [3.05, 3.63) is 41.1 Å². The zero-order valence-corrected chi connectivity index (χ0v) is 20.4. The first kappa shape index (κ1) is 24.9. The molecule has 0 atom stereocenters. The molecule has 0 bridgehead atoms. The lowest BCUT2D eigenvalue weighted by Crippen LogP contribution is -2.35. The molecule has 0 aliphatic carbocycles. The first-order chi connectivity index (χ1) is 15.0. The van der Waals surface area contributed by atoms with Gasteiger partial charge in [0, 0.05) is 57.1 Å². The van der Waals surface area contributed by atoms with Crippen LogP contribution in [-0.4, -0.2) is 47.4 Å². The quantitative estimate of drug-likeness (QED) is 0.668. The van der Waals surface area contributed by atoms with Crippen molar-refractivity contribution in [3.8, 4) is 0 Å². The van der Waals surface area contributed by atoms with Gasteiger partial charge in [0.15, 0.2) is 5.82 Å². The molecule has 0 radical (unpaired) electrons. The Hall–Kier alpha value is -2.34. The number of carbonyl (C=O) groups is 1. The minimum Gasteiger partial charge on any atom is -0.381 e. The molecule has 4 rings (SSSR count). The highest BCUT2D eigenvalue weighted by atomic mass is 16.5. The molecule has 0 N–H and O–H groups in total. The average Bonchev–Trinajstić information content (AvgIpc) is 3.21. The number of nitrogens with zero attached hydrogens (tertiary/aromatic N) is 4. The van der Waals surface area contributed by atoms with E-state index in [0.717, 1.165) is 50.5 Å². The highest BCUT2D eigenvalue weighted by molar-refractivity contribution is 5.74. The zero-order valence-electron chi connectivity index (χ0n) is 20.4. The lowest BCUT2D eigenvalue weighted by molar-refractivity contribution is -0.129. The van der Waals surface area contributed by atoms with Crippen LogP contribution in [0.3, 0.4) is 0 Å². The van der Waals surface area contributed by atoms with Gasteiger partial charge in [0.2, 0.25) is 5.91 Å². The van der Waals surface area contributed by atoms with Gasteiger partial charge < -0.3 is 14.5 Å². The summed E-state index contributed by atoms with van der Waals surface area (Å²) in [5.74, 6) is 1.09. The van der Waals surface area contributed by atoms with Gasteiger partial charge in [-0.3, -0.25) is 9.48 Å². The van der Waals surface area contributed by atoms with Gasteiger partial charge in [-0.25, -0.2) is 0 Å². The van der Waals surface area contributed by atoms with Crippen LogP contribution < -0.4 is 4.90 Å². The largest absolute Gasteiger partial charge is 0.381 e. The molecule has 2 aliphatic heterocycles. The topological polar surface area (TPSA) is 50.6 Å². The van der Waals surface area contributed by atoms with Crippen molar-refractivity contribution >= 4 is 17.4 Å². The van der Waals surface area contributed by atoms with Gasteiger partial charge in [-0.2, -0.15) is 5.10 Å². The van der Waals surface area contributed by atoms with E-state index in [2.05, 4.69) is 47.8 Å². The van der Waals surface area contributed by atoms with Crippen LogP contribution in [0.25, 0.3) is 0 Å². The number of hydrogen-bond donors (Lipinski definition) is 0. The van der Waals surface area contributed by atoms with E-state index < -0.39 is 0 Å². The summed E-state index contributed by atoms with van der Waals surface area (Å²) in [6.07, 6.45) is 2.86. The van der Waals surface area contributed by atoms with E-state index in [0.29, 0.717) is 12.6 Å². The van der Waals surface area contributed by atoms with Crippen molar-refractivity contribution in [3.63, 3.8) is 0 Å². The maximum Gasteiger partial charge on any atom is 0.219 e. The van der Waals surface area contributed by atoms with Gasteiger partial charge in [0.25, 0.3) is 0 Å². The molecule has 3 heterocycles. The van der Waals surface area contributed by atoms with Crippen molar-refractivity contribution in [2.75, 3.05) is 31.7 Å². The molecule has 0 unspecified atom stereocenters. The maximum atomic E-state index is 12.0. The van der Waals surface area contributed by atoms with Crippen LogP contribution in [-0.2, 0) is 22.5 Å². The number of anilines is 2. The fourth-order valence-corrected chi connectivity index (χ4v) is 4.09. The van der Waals surface area contributed by atoms with Crippen LogP contribution >= 0.6 is 0 Å². The predicted octanol–water partition coefficient (Wildman–Crippen LogP) is 5.27. The summed E-state index contributed by atoms with van der Waals surface area (Å²) in [7, 11) is 2.06. The van der Waals surface area contributed by atoms with Crippen LogP contribution in [0.15, 0.2) is 24.3 Å². The fourth-order valence-electron chi connectivity index (χ4n) is 4.09. The Bertz CT molecular complexity index is 823. The Morgan fingerprint density at radius 1 is 1.10 bits per heavy atom. The van der Waals surface area contributed by atoms with E-state index in [1.165, 1.54) is 16.8 Å². The third-order valence-electron chi connectivity index (χ3n) is 5.79. The standard InChI is InChI=1S/C21H28N4O2.2C2H6/c1-15-4-6-17(7-5-15)23(3)21-19-14-24(16(2)26)11-8-20(19)25(22-21)18-9-12-27-13-10-18;2*1-2/h4-7,18H,8-14H2,1-3H3;2*1-2H3. The van der Waals surface area contributed by atoms with Crippen molar-refractivity contribution in [1.82, 2.24) is 14.7 Å². The summed E-state index contributed by atoms with van der Waals surface area (Å²) in [6, 6.07) is 8.88. The van der Waals surface area contributed by atoms with Crippen LogP contribution in [0.4, 0.5) is 11.5 Å². The number of aromatic nitrogens is 2. The molecule has 0 saturated carbocycles. The minimum absolute atomic E-state index is 0.128. The van der Waals surface area contributed by atoms with E-state index in [4.69, 9.17) is 9.84 Å². The highest BCUT2D eigenvalue weighted by Gasteiger charge is 2.31. The third-order valence-corrected chi connectivity index (χ3v) is 5.79. The van der Waals surface area contributed by atoms with Crippen LogP contribution in [0, 0.1) is 6.92 Å². The number of benzene rings is 1. The normalized spacial score (nSPS) is 15.8. The zero-order chi connectivity index (χ0) is 23.0. The van der Waals surface area contributed by atoms with Gasteiger partial charge in [0.05, 0.1) is 12.6 Å². The molecule has 172 valence electrons. The van der Waals surface area contributed by atoms with E-state index in [-0.39, 0.29) is 5.91 Å². The number of fused-ring (bicyclic) bond motifs is 1. The molecule has 1 aromatic heterocycles. The van der Waals surface area contributed by atoms with E-state index in [9.17, 15) is 4.79 Å². The first-order valence-corrected chi connectivity index (χ1v) is 11.8. The van der Waals surface area contributed by atoms with E-state index >= 15 is 0 Å². The number of hydrogen-bond acceptors (Lipinski definition) is 4. The van der Waals surface area contributed by atoms with Crippen molar-refractivity contribution < 1.29 is 9.53 Å². The number of amides is 1. The summed E-state index contributed by atoms with van der Waals surface area (Å²) in [4.78, 5) is 16.0. The summed E-state index contributed by atoms with van der Waals surface area (Å²) in [5.41, 5.74) is 4.82. The number of carbonyl (C=O) groups excluding carboxylic acids is 1. The lowest BCUT2D eigenvalue weighted by atomic mass is 10.0. The number of aryl methyl sites for hydroxylation is 1. The second-order valence-electron chi connectivity index (χ2n) is 7.62. The Balaban J connectivity index is 0.000000807. The van der Waals surface area contributed by atoms with Crippen molar-refractivity contribution in [2.45, 2.75) is 73.4 Å². The van der Waals surface area contributed by atoms with Crippen LogP contribution in [0.1, 0.15) is 70.3 Å². The number of ether oxygens (including phenoxy) is 1. The fraction of sp³-hybridized carbons (Fsp3) is 0.600. The molecule has 1 fully saturated rings. The highest BCUT2D eigenvalue weighted by Crippen LogP contribution is 2.35. The van der Waals surface area contributed by atoms with Gasteiger partial charge >= 0.3 is 0 Å². The summed E-state index contributed by atoms with van der Waals surface area (Å²) >= 11 is 0. The molecule has 1 aromatic carbocycles. The monoisotopic (exact) mass is 428 g/mol. The number of rotatable bonds is 3. The third kappa shape index (κ3) is 5.67. The maximum absolute atomic E-state index is 12.0. The van der Waals surface area contributed by atoms with Crippen molar-refractivity contribution in [1.29, 1.82) is 0 Å². The van der Waals surface area contributed by atoms with Gasteiger partial charge in [-0.15, -0.1) is 0 Å². The average molecular weight is 429 g/mol. The Labute approximate surface area is 188 Å². The van der Waals surface area contributed by atoms with Crippen LogP contribution in [0.2, 0.25) is 0 Å². The molecular formula is C25H40N4O2. The molecule has 1 amide bonds. The van der Waals surface area contributed by atoms with Gasteiger partial charge in [-0.05, 0) is 31.9 Å². The van der Waals surface area contributed by atoms with Gasteiger partial charge in [-0.1, -0.05) is 45.4 Å². The Morgan fingerprint density at radius 3 is 2.29 bits per heavy atom. The molecule has 6 nitrogen and oxygen atoms in total. The lowest BCUT2D eigenvalue weighted by Gasteiger charge is -2.29. The van der Waals surface area contributed by atoms with E-state index in [1.807, 2.05) is 32.6 Å². The molecule has 2 aliphatic rings. The second kappa shape index (κ2) is 11.9. The molecule has 0 spiro atoms. The second-order valence-corrected chi connectivity index (χ2v) is 7.62. The Kier molecular flexibility index (Phi) is 9.56. The van der Waals surface area contributed by atoms with Crippen LogP contribution in [0.5, 0.6) is 0 Å². The minimum atomic E-state index is 0.128. The molecule has 31 heavy (non-hydrogen) atoms. The van der Waals surface area contributed by atoms with Gasteiger partial charge in [0.1, 0.15) is 0 Å². The summed E-state index contributed by atoms with van der Waals surface area (Å²) in [5, 5.41) is 5.06. The smallest absolute Gasteiger partial charge is 0.219 e. The molecule has 6 heteroatoms. The first-order valence-electron chi connectivity index (χ1n) is 11.8. The summed E-state index contributed by atoms with van der Waals surface area (Å²) in [6.45, 7) is 14.7. The molecule has 1 saturated heterocycles. The molecular weight excluding hydrogens is 388 g/mol. The Morgan fingerprint density at radius 2 is 1.71 bits per heavy atom. The van der Waals surface area contributed by atoms with E-state index in [1.54, 1.807) is 6.92 Å². The predicted molar refractivity (Wildman–Crippen MR) is 128 cm³/mol.